The van der Waals surface area contributed by atoms with Crippen LogP contribution in [0.1, 0.15) is 37.3 Å². The first-order valence-electron chi connectivity index (χ1n) is 9.68. The van der Waals surface area contributed by atoms with Crippen molar-refractivity contribution in [1.29, 1.82) is 0 Å². The Kier molecular flexibility index (Phi) is 5.95. The van der Waals surface area contributed by atoms with Crippen molar-refractivity contribution in [3.63, 3.8) is 0 Å². The topological polar surface area (TPSA) is 76.8 Å². The standard InChI is InChI=1S/C21H31N3O3/c1-15-10-16(24-13-21(2,14-24)20(25)26-3)7-8-18(15)19(22)12-23-11-17-6-4-5-9-27-17/h7-8,10,12,17,23H,4-6,9,11,13-14,22H2,1-3H3/b19-12-. The molecule has 1 aromatic rings. The molecule has 148 valence electrons. The van der Waals surface area contributed by atoms with Crippen molar-refractivity contribution in [3.8, 4) is 0 Å². The fourth-order valence-electron chi connectivity index (χ4n) is 3.87. The fraction of sp³-hybridized carbons (Fsp3) is 0.571. The molecule has 0 bridgehead atoms. The van der Waals surface area contributed by atoms with E-state index in [0.29, 0.717) is 13.1 Å². The summed E-state index contributed by atoms with van der Waals surface area (Å²) in [5, 5.41) is 3.30. The molecule has 0 aliphatic carbocycles. The van der Waals surface area contributed by atoms with Gasteiger partial charge in [0.2, 0.25) is 0 Å². The number of aryl methyl sites for hydroxylation is 1. The van der Waals surface area contributed by atoms with Crippen LogP contribution < -0.4 is 16.0 Å². The second-order valence-electron chi connectivity index (χ2n) is 7.90. The third-order valence-electron chi connectivity index (χ3n) is 5.52. The number of methoxy groups -OCH3 is 1. The van der Waals surface area contributed by atoms with E-state index >= 15 is 0 Å². The number of benzene rings is 1. The van der Waals surface area contributed by atoms with Crippen molar-refractivity contribution < 1.29 is 14.3 Å². The number of carbonyl (C=O) groups excluding carboxylic acids is 1. The molecule has 0 amide bonds. The highest BCUT2D eigenvalue weighted by atomic mass is 16.5. The van der Waals surface area contributed by atoms with E-state index in [1.54, 1.807) is 0 Å². The minimum absolute atomic E-state index is 0.146. The molecule has 0 aromatic heterocycles. The molecule has 1 unspecified atom stereocenters. The normalized spacial score (nSPS) is 22.1. The molecule has 2 fully saturated rings. The first-order valence-corrected chi connectivity index (χ1v) is 9.68. The molecule has 3 N–H and O–H groups in total. The zero-order valence-corrected chi connectivity index (χ0v) is 16.6. The number of carbonyl (C=O) groups is 1. The smallest absolute Gasteiger partial charge is 0.315 e. The summed E-state index contributed by atoms with van der Waals surface area (Å²) in [5.74, 6) is -0.146. The maximum Gasteiger partial charge on any atom is 0.315 e. The number of nitrogens with one attached hydrogen (secondary N) is 1. The number of hydrogen-bond donors (Lipinski definition) is 2. The second kappa shape index (κ2) is 8.21. The van der Waals surface area contributed by atoms with Gasteiger partial charge in [-0.05, 0) is 50.8 Å². The molecule has 6 heteroatoms. The van der Waals surface area contributed by atoms with Crippen molar-refractivity contribution >= 4 is 17.4 Å². The number of nitrogens with zero attached hydrogens (tertiary/aromatic N) is 1. The van der Waals surface area contributed by atoms with Crippen LogP contribution in [0.25, 0.3) is 5.70 Å². The average Bonchev–Trinajstić information content (AvgIpc) is 2.65. The Morgan fingerprint density at radius 3 is 2.85 bits per heavy atom. The summed E-state index contributed by atoms with van der Waals surface area (Å²) < 4.78 is 10.6. The Balaban J connectivity index is 1.58. The Morgan fingerprint density at radius 1 is 1.44 bits per heavy atom. The summed E-state index contributed by atoms with van der Waals surface area (Å²) in [6.45, 7) is 7.00. The summed E-state index contributed by atoms with van der Waals surface area (Å²) in [4.78, 5) is 14.0. The Morgan fingerprint density at radius 2 is 2.22 bits per heavy atom. The largest absolute Gasteiger partial charge is 0.468 e. The number of nitrogens with two attached hydrogens (primary N) is 1. The molecule has 1 atom stereocenters. The molecule has 6 nitrogen and oxygen atoms in total. The van der Waals surface area contributed by atoms with Gasteiger partial charge in [0.05, 0.1) is 24.3 Å². The predicted molar refractivity (Wildman–Crippen MR) is 107 cm³/mol. The molecule has 0 radical (unpaired) electrons. The lowest BCUT2D eigenvalue weighted by atomic mass is 9.81. The van der Waals surface area contributed by atoms with Crippen LogP contribution in [0.3, 0.4) is 0 Å². The van der Waals surface area contributed by atoms with Crippen LogP contribution >= 0.6 is 0 Å². The van der Waals surface area contributed by atoms with Gasteiger partial charge in [-0.3, -0.25) is 4.79 Å². The van der Waals surface area contributed by atoms with Crippen LogP contribution in [0, 0.1) is 12.3 Å². The summed E-state index contributed by atoms with van der Waals surface area (Å²) in [7, 11) is 1.44. The van der Waals surface area contributed by atoms with Gasteiger partial charge in [0, 0.05) is 43.7 Å². The Labute approximate surface area is 161 Å². The van der Waals surface area contributed by atoms with E-state index in [4.69, 9.17) is 15.2 Å². The average molecular weight is 373 g/mol. The summed E-state index contributed by atoms with van der Waals surface area (Å²) >= 11 is 0. The quantitative estimate of drug-likeness (QED) is 0.746. The van der Waals surface area contributed by atoms with Crippen molar-refractivity contribution in [2.24, 2.45) is 11.1 Å². The van der Waals surface area contributed by atoms with E-state index in [9.17, 15) is 4.79 Å². The van der Waals surface area contributed by atoms with E-state index in [2.05, 4.69) is 29.3 Å². The first kappa shape index (κ1) is 19.5. The lowest BCUT2D eigenvalue weighted by Crippen LogP contribution is -2.59. The van der Waals surface area contributed by atoms with Gasteiger partial charge in [-0.15, -0.1) is 0 Å². The SMILES string of the molecule is COC(=O)C1(C)CN(c2ccc(/C(N)=C/NCC3CCCCO3)c(C)c2)C1. The van der Waals surface area contributed by atoms with Crippen molar-refractivity contribution in [1.82, 2.24) is 5.32 Å². The number of rotatable bonds is 6. The van der Waals surface area contributed by atoms with E-state index in [1.807, 2.05) is 19.2 Å². The maximum absolute atomic E-state index is 11.8. The molecule has 2 aliphatic heterocycles. The molecular weight excluding hydrogens is 342 g/mol. The molecule has 2 saturated heterocycles. The maximum atomic E-state index is 11.8. The van der Waals surface area contributed by atoms with Gasteiger partial charge in [0.15, 0.2) is 0 Å². The van der Waals surface area contributed by atoms with Crippen LogP contribution in [-0.4, -0.2) is 45.4 Å². The Bertz CT molecular complexity index is 705. The second-order valence-corrected chi connectivity index (χ2v) is 7.90. The lowest BCUT2D eigenvalue weighted by Gasteiger charge is -2.47. The number of anilines is 1. The summed E-state index contributed by atoms with van der Waals surface area (Å²) in [5.41, 5.74) is 9.82. The first-order chi connectivity index (χ1) is 12.9. The van der Waals surface area contributed by atoms with Crippen molar-refractivity contribution in [2.45, 2.75) is 39.2 Å². The van der Waals surface area contributed by atoms with Crippen molar-refractivity contribution in [3.05, 3.63) is 35.5 Å². The van der Waals surface area contributed by atoms with Crippen molar-refractivity contribution in [2.75, 3.05) is 38.3 Å². The van der Waals surface area contributed by atoms with Gasteiger partial charge in [-0.1, -0.05) is 6.07 Å². The third kappa shape index (κ3) is 4.38. The minimum Gasteiger partial charge on any atom is -0.468 e. The van der Waals surface area contributed by atoms with E-state index < -0.39 is 5.41 Å². The predicted octanol–water partition coefficient (Wildman–Crippen LogP) is 2.41. The van der Waals surface area contributed by atoms with Gasteiger partial charge < -0.3 is 25.4 Å². The van der Waals surface area contributed by atoms with E-state index in [0.717, 1.165) is 48.5 Å². The van der Waals surface area contributed by atoms with Gasteiger partial charge in [0.25, 0.3) is 0 Å². The van der Waals surface area contributed by atoms with Gasteiger partial charge in [0.1, 0.15) is 0 Å². The molecule has 0 spiro atoms. The van der Waals surface area contributed by atoms with Crippen LogP contribution in [0.5, 0.6) is 0 Å². The van der Waals surface area contributed by atoms with Crippen LogP contribution in [0.15, 0.2) is 24.4 Å². The van der Waals surface area contributed by atoms with Gasteiger partial charge >= 0.3 is 5.97 Å². The minimum atomic E-state index is -0.411. The number of esters is 1. The van der Waals surface area contributed by atoms with Gasteiger partial charge in [-0.2, -0.15) is 0 Å². The third-order valence-corrected chi connectivity index (χ3v) is 5.52. The molecule has 2 heterocycles. The molecular formula is C21H31N3O3. The highest BCUT2D eigenvalue weighted by Crippen LogP contribution is 2.36. The molecule has 2 aliphatic rings. The van der Waals surface area contributed by atoms with Crippen LogP contribution in [-0.2, 0) is 14.3 Å². The Hall–Kier alpha value is -2.21. The monoisotopic (exact) mass is 373 g/mol. The van der Waals surface area contributed by atoms with E-state index in [-0.39, 0.29) is 12.1 Å². The summed E-state index contributed by atoms with van der Waals surface area (Å²) in [6, 6.07) is 6.23. The highest BCUT2D eigenvalue weighted by Gasteiger charge is 2.46. The highest BCUT2D eigenvalue weighted by molar-refractivity contribution is 5.81. The lowest BCUT2D eigenvalue weighted by molar-refractivity contribution is -0.153. The summed E-state index contributed by atoms with van der Waals surface area (Å²) in [6.07, 6.45) is 5.65. The molecule has 27 heavy (non-hydrogen) atoms. The van der Waals surface area contributed by atoms with Gasteiger partial charge in [-0.25, -0.2) is 0 Å². The van der Waals surface area contributed by atoms with Crippen LogP contribution in [0.4, 0.5) is 5.69 Å². The zero-order valence-electron chi connectivity index (χ0n) is 16.6. The zero-order chi connectivity index (χ0) is 19.4. The molecule has 0 saturated carbocycles. The van der Waals surface area contributed by atoms with Crippen LogP contribution in [0.2, 0.25) is 0 Å². The van der Waals surface area contributed by atoms with E-state index in [1.165, 1.54) is 13.5 Å². The molecule has 1 aromatic carbocycles. The fourth-order valence-corrected chi connectivity index (χ4v) is 3.87. The molecule has 3 rings (SSSR count). The number of hydrogen-bond acceptors (Lipinski definition) is 6. The number of ether oxygens (including phenoxy) is 2.